The van der Waals surface area contributed by atoms with Crippen LogP contribution in [0.4, 0.5) is 10.5 Å². The first-order chi connectivity index (χ1) is 12.1. The molecule has 0 unspecified atom stereocenters. The van der Waals surface area contributed by atoms with E-state index in [9.17, 15) is 4.79 Å². The van der Waals surface area contributed by atoms with Gasteiger partial charge in [-0.2, -0.15) is 0 Å². The highest BCUT2D eigenvalue weighted by Crippen LogP contribution is 2.18. The predicted octanol–water partition coefficient (Wildman–Crippen LogP) is 3.17. The molecular weight excluding hydrogens is 314 g/mol. The third-order valence-electron chi connectivity index (χ3n) is 4.47. The number of carbonyl (C=O) groups is 1. The summed E-state index contributed by atoms with van der Waals surface area (Å²) in [6.07, 6.45) is 0. The lowest BCUT2D eigenvalue weighted by Crippen LogP contribution is -2.52. The number of rotatable bonds is 4. The van der Waals surface area contributed by atoms with Crippen LogP contribution in [-0.2, 0) is 0 Å². The molecular formula is C20H25N3O2. The molecule has 3 rings (SSSR count). The standard InChI is InChI=1S/C20H25N3O2/c1-16-8-9-19(17(2)14-16)25-15-21-20(24)23-12-10-22(11-13-23)18-6-4-3-5-7-18/h3-9,14H,10-13,15H2,1-2H3,(H,21,24). The van der Waals surface area contributed by atoms with Crippen molar-refractivity contribution in [1.82, 2.24) is 10.2 Å². The molecule has 1 heterocycles. The van der Waals surface area contributed by atoms with E-state index in [4.69, 9.17) is 4.74 Å². The zero-order valence-corrected chi connectivity index (χ0v) is 14.9. The maximum Gasteiger partial charge on any atom is 0.320 e. The Morgan fingerprint density at radius 1 is 1.04 bits per heavy atom. The average molecular weight is 339 g/mol. The number of nitrogens with zero attached hydrogens (tertiary/aromatic N) is 2. The lowest BCUT2D eigenvalue weighted by atomic mass is 10.1. The fourth-order valence-electron chi connectivity index (χ4n) is 3.06. The maximum absolute atomic E-state index is 12.3. The Hall–Kier alpha value is -2.69. The quantitative estimate of drug-likeness (QED) is 0.870. The number of hydrogen-bond acceptors (Lipinski definition) is 3. The summed E-state index contributed by atoms with van der Waals surface area (Å²) in [5.41, 5.74) is 3.48. The fraction of sp³-hybridized carbons (Fsp3) is 0.350. The van der Waals surface area contributed by atoms with Gasteiger partial charge >= 0.3 is 6.03 Å². The summed E-state index contributed by atoms with van der Waals surface area (Å²) in [5, 5.41) is 2.84. The number of aryl methyl sites for hydroxylation is 2. The Morgan fingerprint density at radius 2 is 1.76 bits per heavy atom. The van der Waals surface area contributed by atoms with Crippen LogP contribution in [0.25, 0.3) is 0 Å². The second-order valence-electron chi connectivity index (χ2n) is 6.35. The zero-order valence-electron chi connectivity index (χ0n) is 14.9. The van der Waals surface area contributed by atoms with Gasteiger partial charge in [0.05, 0.1) is 0 Å². The SMILES string of the molecule is Cc1ccc(OCNC(=O)N2CCN(c3ccccc3)CC2)c(C)c1. The minimum Gasteiger partial charge on any atom is -0.473 e. The van der Waals surface area contributed by atoms with Crippen molar-refractivity contribution in [2.75, 3.05) is 37.8 Å². The van der Waals surface area contributed by atoms with Crippen LogP contribution in [0.3, 0.4) is 0 Å². The number of ether oxygens (including phenoxy) is 1. The minimum absolute atomic E-state index is 0.0718. The molecule has 1 aliphatic heterocycles. The molecule has 0 radical (unpaired) electrons. The monoisotopic (exact) mass is 339 g/mol. The molecule has 0 atom stereocenters. The summed E-state index contributed by atoms with van der Waals surface area (Å²) in [6, 6.07) is 16.3. The number of amides is 2. The van der Waals surface area contributed by atoms with E-state index in [2.05, 4.69) is 28.4 Å². The molecule has 2 amide bonds. The molecule has 5 heteroatoms. The molecule has 0 saturated carbocycles. The third kappa shape index (κ3) is 4.44. The van der Waals surface area contributed by atoms with E-state index >= 15 is 0 Å². The Balaban J connectivity index is 1.43. The number of hydrogen-bond donors (Lipinski definition) is 1. The van der Waals surface area contributed by atoms with Gasteiger partial charge in [-0.05, 0) is 37.6 Å². The van der Waals surface area contributed by atoms with Crippen LogP contribution in [0.2, 0.25) is 0 Å². The van der Waals surface area contributed by atoms with Gasteiger partial charge in [0.1, 0.15) is 5.75 Å². The van der Waals surface area contributed by atoms with Gasteiger partial charge in [0.15, 0.2) is 6.73 Å². The van der Waals surface area contributed by atoms with E-state index in [0.717, 1.165) is 24.4 Å². The fourth-order valence-corrected chi connectivity index (χ4v) is 3.06. The number of urea groups is 1. The Kier molecular flexibility index (Phi) is 5.43. The van der Waals surface area contributed by atoms with E-state index in [0.29, 0.717) is 13.1 Å². The molecule has 2 aromatic carbocycles. The highest BCUT2D eigenvalue weighted by Gasteiger charge is 2.20. The molecule has 1 N–H and O–H groups in total. The molecule has 0 aromatic heterocycles. The van der Waals surface area contributed by atoms with Crippen LogP contribution >= 0.6 is 0 Å². The maximum atomic E-state index is 12.3. The summed E-state index contributed by atoms with van der Waals surface area (Å²) in [6.45, 7) is 7.35. The van der Waals surface area contributed by atoms with Gasteiger partial charge in [0.25, 0.3) is 0 Å². The van der Waals surface area contributed by atoms with Crippen LogP contribution in [0.15, 0.2) is 48.5 Å². The molecule has 5 nitrogen and oxygen atoms in total. The Bertz CT molecular complexity index is 710. The van der Waals surface area contributed by atoms with Gasteiger partial charge in [-0.25, -0.2) is 4.79 Å². The number of para-hydroxylation sites is 1. The number of carbonyl (C=O) groups excluding carboxylic acids is 1. The van der Waals surface area contributed by atoms with Gasteiger partial charge in [-0.15, -0.1) is 0 Å². The van der Waals surface area contributed by atoms with Crippen LogP contribution in [0, 0.1) is 13.8 Å². The highest BCUT2D eigenvalue weighted by atomic mass is 16.5. The van der Waals surface area contributed by atoms with E-state index in [1.807, 2.05) is 49.1 Å². The van der Waals surface area contributed by atoms with Crippen LogP contribution in [0.1, 0.15) is 11.1 Å². The van der Waals surface area contributed by atoms with Crippen LogP contribution < -0.4 is 15.0 Å². The summed E-state index contributed by atoms with van der Waals surface area (Å²) in [4.78, 5) is 16.4. The number of nitrogens with one attached hydrogen (secondary N) is 1. The van der Waals surface area contributed by atoms with E-state index in [1.165, 1.54) is 11.3 Å². The molecule has 1 aliphatic rings. The minimum atomic E-state index is -0.0718. The molecule has 132 valence electrons. The summed E-state index contributed by atoms with van der Waals surface area (Å²) < 4.78 is 5.67. The molecule has 1 saturated heterocycles. The van der Waals surface area contributed by atoms with Gasteiger partial charge < -0.3 is 19.9 Å². The third-order valence-corrected chi connectivity index (χ3v) is 4.47. The highest BCUT2D eigenvalue weighted by molar-refractivity contribution is 5.74. The van der Waals surface area contributed by atoms with E-state index in [-0.39, 0.29) is 12.8 Å². The second-order valence-corrected chi connectivity index (χ2v) is 6.35. The average Bonchev–Trinajstić information content (AvgIpc) is 2.64. The smallest absolute Gasteiger partial charge is 0.320 e. The van der Waals surface area contributed by atoms with Crippen molar-refractivity contribution < 1.29 is 9.53 Å². The first kappa shape index (κ1) is 17.1. The van der Waals surface area contributed by atoms with Gasteiger partial charge in [0.2, 0.25) is 0 Å². The van der Waals surface area contributed by atoms with Crippen molar-refractivity contribution in [2.45, 2.75) is 13.8 Å². The summed E-state index contributed by atoms with van der Waals surface area (Å²) in [5.74, 6) is 0.805. The molecule has 1 fully saturated rings. The molecule has 0 spiro atoms. The number of anilines is 1. The number of piperazine rings is 1. The van der Waals surface area contributed by atoms with Crippen LogP contribution in [0.5, 0.6) is 5.75 Å². The molecule has 0 bridgehead atoms. The first-order valence-electron chi connectivity index (χ1n) is 8.66. The molecule has 2 aromatic rings. The second kappa shape index (κ2) is 7.92. The van der Waals surface area contributed by atoms with Crippen molar-refractivity contribution in [2.24, 2.45) is 0 Å². The lowest BCUT2D eigenvalue weighted by molar-refractivity contribution is 0.181. The number of benzene rings is 2. The van der Waals surface area contributed by atoms with Crippen molar-refractivity contribution >= 4 is 11.7 Å². The van der Waals surface area contributed by atoms with Crippen molar-refractivity contribution in [3.8, 4) is 5.75 Å². The van der Waals surface area contributed by atoms with Crippen molar-refractivity contribution in [3.05, 3.63) is 59.7 Å². The van der Waals surface area contributed by atoms with Crippen LogP contribution in [-0.4, -0.2) is 43.8 Å². The van der Waals surface area contributed by atoms with E-state index in [1.54, 1.807) is 0 Å². The van der Waals surface area contributed by atoms with Crippen molar-refractivity contribution in [1.29, 1.82) is 0 Å². The summed E-state index contributed by atoms with van der Waals surface area (Å²) in [7, 11) is 0. The van der Waals surface area contributed by atoms with Gasteiger partial charge in [0, 0.05) is 31.9 Å². The molecule has 25 heavy (non-hydrogen) atoms. The van der Waals surface area contributed by atoms with Gasteiger partial charge in [-0.3, -0.25) is 0 Å². The summed E-state index contributed by atoms with van der Waals surface area (Å²) >= 11 is 0. The predicted molar refractivity (Wildman–Crippen MR) is 100 cm³/mol. The van der Waals surface area contributed by atoms with Crippen molar-refractivity contribution in [3.63, 3.8) is 0 Å². The first-order valence-corrected chi connectivity index (χ1v) is 8.66. The van der Waals surface area contributed by atoms with Gasteiger partial charge in [-0.1, -0.05) is 35.9 Å². The largest absolute Gasteiger partial charge is 0.473 e. The zero-order chi connectivity index (χ0) is 17.6. The molecule has 0 aliphatic carbocycles. The lowest BCUT2D eigenvalue weighted by Gasteiger charge is -2.36. The Labute approximate surface area is 149 Å². The normalized spacial score (nSPS) is 14.3. The Morgan fingerprint density at radius 3 is 2.44 bits per heavy atom. The topological polar surface area (TPSA) is 44.8 Å². The van der Waals surface area contributed by atoms with E-state index < -0.39 is 0 Å².